The number of nitrogens with one attached hydrogen (secondary N) is 1. The highest BCUT2D eigenvalue weighted by Crippen LogP contribution is 2.30. The van der Waals surface area contributed by atoms with Gasteiger partial charge in [0, 0.05) is 36.5 Å². The van der Waals surface area contributed by atoms with E-state index in [1.807, 2.05) is 30.3 Å². The zero-order chi connectivity index (χ0) is 20.4. The van der Waals surface area contributed by atoms with Crippen molar-refractivity contribution in [2.45, 2.75) is 29.2 Å². The van der Waals surface area contributed by atoms with Crippen molar-refractivity contribution in [3.63, 3.8) is 0 Å². The number of hydrogen-bond acceptors (Lipinski definition) is 4. The molecule has 1 heterocycles. The van der Waals surface area contributed by atoms with Crippen molar-refractivity contribution in [1.82, 2.24) is 9.62 Å². The second kappa shape index (κ2) is 8.44. The lowest BCUT2D eigenvalue weighted by atomic mass is 10.1. The van der Waals surface area contributed by atoms with Gasteiger partial charge in [0.25, 0.3) is 0 Å². The molecule has 1 aliphatic rings. The number of fused-ring (bicyclic) bond motifs is 1. The Labute approximate surface area is 176 Å². The lowest BCUT2D eigenvalue weighted by molar-refractivity contribution is 0.370. The third kappa shape index (κ3) is 4.33. The molecular formula is C22H23FN2O2S2. The first-order valence-corrected chi connectivity index (χ1v) is 11.5. The second-order valence-electron chi connectivity index (χ2n) is 7.35. The third-order valence-corrected chi connectivity index (χ3v) is 7.61. The summed E-state index contributed by atoms with van der Waals surface area (Å²) in [7, 11) is -3.65. The maximum atomic E-state index is 13.8. The summed E-state index contributed by atoms with van der Waals surface area (Å²) in [5.41, 5.74) is 0.567. The van der Waals surface area contributed by atoms with Crippen LogP contribution in [0.4, 0.5) is 4.39 Å². The predicted octanol–water partition coefficient (Wildman–Crippen LogP) is 3.83. The molecule has 0 amide bonds. The van der Waals surface area contributed by atoms with Crippen LogP contribution < -0.4 is 5.32 Å². The first kappa shape index (κ1) is 20.3. The molecule has 0 aromatic heterocycles. The van der Waals surface area contributed by atoms with Crippen molar-refractivity contribution >= 4 is 33.4 Å². The van der Waals surface area contributed by atoms with Gasteiger partial charge >= 0.3 is 0 Å². The minimum atomic E-state index is -3.65. The molecule has 1 aliphatic heterocycles. The largest absolute Gasteiger partial charge is 0.311 e. The van der Waals surface area contributed by atoms with Crippen LogP contribution in [0, 0.1) is 5.82 Å². The maximum absolute atomic E-state index is 13.8. The number of thiol groups is 1. The van der Waals surface area contributed by atoms with Crippen molar-refractivity contribution in [3.8, 4) is 0 Å². The zero-order valence-electron chi connectivity index (χ0n) is 15.8. The molecule has 0 unspecified atom stereocenters. The Balaban J connectivity index is 1.52. The number of benzene rings is 3. The van der Waals surface area contributed by atoms with Gasteiger partial charge < -0.3 is 5.32 Å². The standard InChI is InChI=1S/C22H23FN2O2S2/c23-22-8-4-3-7-18(22)13-24-14-19-12-20(28)15-25(19)29(26,27)21-10-9-16-5-1-2-6-17(16)11-21/h1-11,19-20,24,28H,12-15H2/t19-,20+/m0/s1. The monoisotopic (exact) mass is 430 g/mol. The minimum absolute atomic E-state index is 0.0227. The highest BCUT2D eigenvalue weighted by molar-refractivity contribution is 7.89. The van der Waals surface area contributed by atoms with Crippen molar-refractivity contribution in [3.05, 3.63) is 78.1 Å². The molecule has 4 nitrogen and oxygen atoms in total. The summed E-state index contributed by atoms with van der Waals surface area (Å²) in [6.45, 7) is 1.16. The summed E-state index contributed by atoms with van der Waals surface area (Å²) in [6, 6.07) is 19.3. The Morgan fingerprint density at radius 2 is 1.76 bits per heavy atom. The Morgan fingerprint density at radius 1 is 1.03 bits per heavy atom. The third-order valence-electron chi connectivity index (χ3n) is 5.32. The highest BCUT2D eigenvalue weighted by atomic mass is 32.2. The quantitative estimate of drug-likeness (QED) is 0.585. The lowest BCUT2D eigenvalue weighted by Crippen LogP contribution is -2.41. The average Bonchev–Trinajstić information content (AvgIpc) is 3.10. The van der Waals surface area contributed by atoms with Crippen molar-refractivity contribution in [1.29, 1.82) is 0 Å². The lowest BCUT2D eigenvalue weighted by Gasteiger charge is -2.24. The minimum Gasteiger partial charge on any atom is -0.311 e. The number of rotatable bonds is 6. The number of halogens is 1. The highest BCUT2D eigenvalue weighted by Gasteiger charge is 2.38. The molecule has 1 fully saturated rings. The second-order valence-corrected chi connectivity index (χ2v) is 9.97. The van der Waals surface area contributed by atoms with Crippen LogP contribution in [0.1, 0.15) is 12.0 Å². The van der Waals surface area contributed by atoms with Gasteiger partial charge in [0.2, 0.25) is 10.0 Å². The summed E-state index contributed by atoms with van der Waals surface area (Å²) in [4.78, 5) is 0.290. The summed E-state index contributed by atoms with van der Waals surface area (Å²) < 4.78 is 42.0. The predicted molar refractivity (Wildman–Crippen MR) is 117 cm³/mol. The van der Waals surface area contributed by atoms with Crippen LogP contribution in [0.3, 0.4) is 0 Å². The Kier molecular flexibility index (Phi) is 5.92. The zero-order valence-corrected chi connectivity index (χ0v) is 17.5. The fraction of sp³-hybridized carbons (Fsp3) is 0.273. The van der Waals surface area contributed by atoms with E-state index in [9.17, 15) is 12.8 Å². The molecule has 2 atom stereocenters. The Bertz CT molecular complexity index is 1120. The molecule has 3 aromatic carbocycles. The fourth-order valence-electron chi connectivity index (χ4n) is 3.82. The van der Waals surface area contributed by atoms with E-state index in [-0.39, 0.29) is 22.0 Å². The molecule has 0 radical (unpaired) electrons. The molecule has 152 valence electrons. The van der Waals surface area contributed by atoms with Gasteiger partial charge in [-0.05, 0) is 35.4 Å². The summed E-state index contributed by atoms with van der Waals surface area (Å²) in [6.07, 6.45) is 0.653. The van der Waals surface area contributed by atoms with Gasteiger partial charge in [-0.25, -0.2) is 12.8 Å². The van der Waals surface area contributed by atoms with Crippen molar-refractivity contribution in [2.24, 2.45) is 0 Å². The van der Waals surface area contributed by atoms with Crippen LogP contribution in [0.2, 0.25) is 0 Å². The normalized spacial score (nSPS) is 20.3. The number of sulfonamides is 1. The van der Waals surface area contributed by atoms with Crippen LogP contribution in [-0.2, 0) is 16.6 Å². The van der Waals surface area contributed by atoms with E-state index < -0.39 is 10.0 Å². The Morgan fingerprint density at radius 3 is 2.55 bits per heavy atom. The van der Waals surface area contributed by atoms with Crippen LogP contribution in [0.15, 0.2) is 71.6 Å². The first-order chi connectivity index (χ1) is 13.9. The smallest absolute Gasteiger partial charge is 0.243 e. The fourth-order valence-corrected chi connectivity index (χ4v) is 6.07. The van der Waals surface area contributed by atoms with E-state index >= 15 is 0 Å². The van der Waals surface area contributed by atoms with E-state index in [1.54, 1.807) is 30.3 Å². The molecule has 29 heavy (non-hydrogen) atoms. The Hall–Kier alpha value is -1.93. The van der Waals surface area contributed by atoms with Gasteiger partial charge in [0.05, 0.1) is 4.90 Å². The van der Waals surface area contributed by atoms with E-state index in [0.29, 0.717) is 31.6 Å². The van der Waals surface area contributed by atoms with Crippen LogP contribution in [-0.4, -0.2) is 37.1 Å². The molecule has 0 spiro atoms. The van der Waals surface area contributed by atoms with Crippen LogP contribution in [0.5, 0.6) is 0 Å². The maximum Gasteiger partial charge on any atom is 0.243 e. The topological polar surface area (TPSA) is 49.4 Å². The molecule has 4 rings (SSSR count). The molecular weight excluding hydrogens is 407 g/mol. The molecule has 1 N–H and O–H groups in total. The van der Waals surface area contributed by atoms with Crippen LogP contribution in [0.25, 0.3) is 10.8 Å². The van der Waals surface area contributed by atoms with Gasteiger partial charge in [-0.1, -0.05) is 48.5 Å². The van der Waals surface area contributed by atoms with Gasteiger partial charge in [-0.2, -0.15) is 16.9 Å². The van der Waals surface area contributed by atoms with E-state index in [1.165, 1.54) is 10.4 Å². The summed E-state index contributed by atoms with van der Waals surface area (Å²) in [5.74, 6) is -0.265. The molecule has 3 aromatic rings. The van der Waals surface area contributed by atoms with Gasteiger partial charge in [0.1, 0.15) is 5.82 Å². The van der Waals surface area contributed by atoms with Gasteiger partial charge in [-0.15, -0.1) is 0 Å². The summed E-state index contributed by atoms with van der Waals surface area (Å²) in [5, 5.41) is 5.08. The van der Waals surface area contributed by atoms with Crippen LogP contribution >= 0.6 is 12.6 Å². The summed E-state index contributed by atoms with van der Waals surface area (Å²) >= 11 is 4.53. The number of nitrogens with zero attached hydrogens (tertiary/aromatic N) is 1. The van der Waals surface area contributed by atoms with E-state index in [4.69, 9.17) is 0 Å². The van der Waals surface area contributed by atoms with E-state index in [0.717, 1.165) is 10.8 Å². The van der Waals surface area contributed by atoms with Gasteiger partial charge in [0.15, 0.2) is 0 Å². The molecule has 1 saturated heterocycles. The molecule has 0 aliphatic carbocycles. The molecule has 7 heteroatoms. The van der Waals surface area contributed by atoms with Gasteiger partial charge in [-0.3, -0.25) is 0 Å². The van der Waals surface area contributed by atoms with E-state index in [2.05, 4.69) is 17.9 Å². The van der Waals surface area contributed by atoms with Crippen molar-refractivity contribution in [2.75, 3.05) is 13.1 Å². The van der Waals surface area contributed by atoms with Crippen molar-refractivity contribution < 1.29 is 12.8 Å². The average molecular weight is 431 g/mol. The SMILES string of the molecule is O=S(=O)(c1ccc2ccccc2c1)N1C[C@H](S)C[C@H]1CNCc1ccccc1F. The molecule has 0 saturated carbocycles. The number of hydrogen-bond donors (Lipinski definition) is 2. The first-order valence-electron chi connectivity index (χ1n) is 9.58. The molecule has 0 bridgehead atoms.